The Morgan fingerprint density at radius 3 is 2.69 bits per heavy atom. The van der Waals surface area contributed by atoms with Crippen LogP contribution in [-0.2, 0) is 14.7 Å². The molecule has 1 aliphatic rings. The van der Waals surface area contributed by atoms with Gasteiger partial charge in [0.15, 0.2) is 0 Å². The van der Waals surface area contributed by atoms with E-state index in [-0.39, 0.29) is 0 Å². The highest BCUT2D eigenvalue weighted by Crippen LogP contribution is 2.23. The molecule has 80 valence electrons. The molecule has 0 aromatic heterocycles. The third-order valence-electron chi connectivity index (χ3n) is 2.67. The monoisotopic (exact) mass is 206 g/mol. The number of hydrogen-bond acceptors (Lipinski definition) is 2. The van der Waals surface area contributed by atoms with Gasteiger partial charge in [0.2, 0.25) is 0 Å². The lowest BCUT2D eigenvalue weighted by Crippen LogP contribution is -2.25. The molecule has 2 unspecified atom stereocenters. The Labute approximate surface area is 82.5 Å². The molecule has 0 amide bonds. The van der Waals surface area contributed by atoms with E-state index >= 15 is 0 Å². The van der Waals surface area contributed by atoms with Gasteiger partial charge in [-0.15, -0.1) is 9.93 Å². The number of thiol groups is 1. The van der Waals surface area contributed by atoms with Crippen molar-refractivity contribution in [2.75, 3.05) is 24.9 Å². The maximum atomic E-state index is 11.5. The molecule has 1 aliphatic heterocycles. The summed E-state index contributed by atoms with van der Waals surface area (Å²) in [6.07, 6.45) is 7.61. The number of rotatable bonds is 3. The molecular weight excluding hydrogens is 184 g/mol. The van der Waals surface area contributed by atoms with Crippen LogP contribution in [0.2, 0.25) is 0 Å². The third kappa shape index (κ3) is 4.77. The van der Waals surface area contributed by atoms with Gasteiger partial charge in [0.05, 0.1) is 6.10 Å². The van der Waals surface area contributed by atoms with Crippen molar-refractivity contribution in [1.29, 1.82) is 0 Å². The summed E-state index contributed by atoms with van der Waals surface area (Å²) in [4.78, 5) is 0. The van der Waals surface area contributed by atoms with Crippen molar-refractivity contribution in [3.63, 3.8) is 0 Å². The van der Waals surface area contributed by atoms with E-state index in [0.29, 0.717) is 6.10 Å². The van der Waals surface area contributed by atoms with Gasteiger partial charge in [0.25, 0.3) is 0 Å². The van der Waals surface area contributed by atoms with Crippen LogP contribution in [0.25, 0.3) is 0 Å². The first kappa shape index (κ1) is 11.2. The SMILES string of the molecule is CC1CC(CC[SH](C)(C)=O)CCO1. The fourth-order valence-corrected chi connectivity index (χ4v) is 2.83. The summed E-state index contributed by atoms with van der Waals surface area (Å²) in [5, 5.41) is 0. The summed E-state index contributed by atoms with van der Waals surface area (Å²) in [7, 11) is -1.79. The first-order chi connectivity index (χ1) is 5.97. The Morgan fingerprint density at radius 2 is 2.15 bits per heavy atom. The van der Waals surface area contributed by atoms with E-state index in [1.807, 2.05) is 12.5 Å². The third-order valence-corrected chi connectivity index (χ3v) is 4.00. The summed E-state index contributed by atoms with van der Waals surface area (Å²) in [6.45, 7) is 3.02. The van der Waals surface area contributed by atoms with Crippen LogP contribution in [0.5, 0.6) is 0 Å². The topological polar surface area (TPSA) is 26.3 Å². The standard InChI is InChI=1S/C10H22O2S/c1-9-8-10(4-6-12-9)5-7-13(2,3)11/h9-10,13H,4-8H2,1-3H3. The van der Waals surface area contributed by atoms with Gasteiger partial charge in [-0.1, -0.05) is 0 Å². The summed E-state index contributed by atoms with van der Waals surface area (Å²) >= 11 is 0. The van der Waals surface area contributed by atoms with Crippen molar-refractivity contribution in [3.8, 4) is 0 Å². The van der Waals surface area contributed by atoms with E-state index in [4.69, 9.17) is 4.74 Å². The molecule has 0 aromatic carbocycles. The zero-order valence-corrected chi connectivity index (χ0v) is 9.85. The van der Waals surface area contributed by atoms with Crippen molar-refractivity contribution >= 4 is 9.93 Å². The summed E-state index contributed by atoms with van der Waals surface area (Å²) in [6, 6.07) is 0. The molecule has 1 fully saturated rings. The first-order valence-electron chi connectivity index (χ1n) is 5.13. The molecule has 1 saturated heterocycles. The Kier molecular flexibility index (Phi) is 3.92. The number of ether oxygens (including phenoxy) is 1. The average Bonchev–Trinajstić information content (AvgIpc) is 2.00. The summed E-state index contributed by atoms with van der Waals surface area (Å²) < 4.78 is 17.0. The Hall–Kier alpha value is 0.110. The van der Waals surface area contributed by atoms with Crippen molar-refractivity contribution in [3.05, 3.63) is 0 Å². The van der Waals surface area contributed by atoms with Gasteiger partial charge in [-0.3, -0.25) is 4.21 Å². The first-order valence-corrected chi connectivity index (χ1v) is 7.91. The predicted octanol–water partition coefficient (Wildman–Crippen LogP) is 1.47. The molecule has 13 heavy (non-hydrogen) atoms. The van der Waals surface area contributed by atoms with Gasteiger partial charge >= 0.3 is 0 Å². The summed E-state index contributed by atoms with van der Waals surface area (Å²) in [5.41, 5.74) is 0. The van der Waals surface area contributed by atoms with Crippen LogP contribution in [0.4, 0.5) is 0 Å². The van der Waals surface area contributed by atoms with Crippen molar-refractivity contribution in [2.24, 2.45) is 5.92 Å². The average molecular weight is 206 g/mol. The van der Waals surface area contributed by atoms with Crippen LogP contribution >= 0.6 is 0 Å². The molecule has 2 nitrogen and oxygen atoms in total. The van der Waals surface area contributed by atoms with E-state index in [9.17, 15) is 4.21 Å². The minimum absolute atomic E-state index is 0.409. The van der Waals surface area contributed by atoms with E-state index < -0.39 is 9.93 Å². The van der Waals surface area contributed by atoms with Crippen molar-refractivity contribution in [1.82, 2.24) is 0 Å². The Bertz CT molecular complexity index is 197. The second-order valence-electron chi connectivity index (χ2n) is 4.66. The van der Waals surface area contributed by atoms with E-state index in [1.165, 1.54) is 0 Å². The highest BCUT2D eigenvalue weighted by molar-refractivity contribution is 8.01. The molecule has 0 spiro atoms. The van der Waals surface area contributed by atoms with Crippen LogP contribution in [0.1, 0.15) is 26.2 Å². The zero-order valence-electron chi connectivity index (χ0n) is 8.95. The van der Waals surface area contributed by atoms with Crippen molar-refractivity contribution in [2.45, 2.75) is 32.3 Å². The van der Waals surface area contributed by atoms with E-state index in [2.05, 4.69) is 6.92 Å². The highest BCUT2D eigenvalue weighted by atomic mass is 32.2. The Morgan fingerprint density at radius 1 is 1.46 bits per heavy atom. The molecular formula is C10H22O2S. The summed E-state index contributed by atoms with van der Waals surface area (Å²) in [5.74, 6) is 1.65. The lowest BCUT2D eigenvalue weighted by molar-refractivity contribution is 0.00214. The van der Waals surface area contributed by atoms with Crippen molar-refractivity contribution < 1.29 is 8.95 Å². The van der Waals surface area contributed by atoms with Gasteiger partial charge in [-0.25, -0.2) is 0 Å². The molecule has 0 bridgehead atoms. The fourth-order valence-electron chi connectivity index (χ4n) is 1.85. The second-order valence-corrected chi connectivity index (χ2v) is 8.25. The van der Waals surface area contributed by atoms with E-state index in [1.54, 1.807) is 0 Å². The molecule has 0 radical (unpaired) electrons. The quantitative estimate of drug-likeness (QED) is 0.708. The normalized spacial score (nSPS) is 31.6. The van der Waals surface area contributed by atoms with Crippen LogP contribution in [0.3, 0.4) is 0 Å². The second kappa shape index (κ2) is 4.56. The maximum absolute atomic E-state index is 11.5. The predicted molar refractivity (Wildman–Crippen MR) is 59.0 cm³/mol. The van der Waals surface area contributed by atoms with Crippen LogP contribution in [-0.4, -0.2) is 35.2 Å². The smallest absolute Gasteiger partial charge is 0.0549 e. The highest BCUT2D eigenvalue weighted by Gasteiger charge is 2.19. The molecule has 0 saturated carbocycles. The minimum Gasteiger partial charge on any atom is -0.378 e. The molecule has 0 aliphatic carbocycles. The largest absolute Gasteiger partial charge is 0.378 e. The van der Waals surface area contributed by atoms with Gasteiger partial charge in [-0.2, -0.15) is 0 Å². The lowest BCUT2D eigenvalue weighted by Gasteiger charge is -2.28. The molecule has 0 aromatic rings. The molecule has 3 heteroatoms. The van der Waals surface area contributed by atoms with Gasteiger partial charge < -0.3 is 4.74 Å². The van der Waals surface area contributed by atoms with Gasteiger partial charge in [0.1, 0.15) is 0 Å². The molecule has 0 N–H and O–H groups in total. The lowest BCUT2D eigenvalue weighted by atomic mass is 9.94. The minimum atomic E-state index is -1.79. The van der Waals surface area contributed by atoms with E-state index in [0.717, 1.165) is 37.5 Å². The Balaban J connectivity index is 2.25. The molecule has 2 atom stereocenters. The van der Waals surface area contributed by atoms with Gasteiger partial charge in [0, 0.05) is 12.4 Å². The zero-order chi connectivity index (χ0) is 9.90. The van der Waals surface area contributed by atoms with Crippen LogP contribution in [0.15, 0.2) is 0 Å². The number of hydrogen-bond donors (Lipinski definition) is 1. The molecule has 1 heterocycles. The van der Waals surface area contributed by atoms with Crippen LogP contribution < -0.4 is 0 Å². The van der Waals surface area contributed by atoms with Crippen LogP contribution in [0, 0.1) is 5.92 Å². The molecule has 1 rings (SSSR count). The van der Waals surface area contributed by atoms with Gasteiger partial charge in [-0.05, 0) is 44.6 Å². The fraction of sp³-hybridized carbons (Fsp3) is 1.00. The maximum Gasteiger partial charge on any atom is 0.0549 e.